The van der Waals surface area contributed by atoms with Crippen LogP contribution >= 0.6 is 0 Å². The van der Waals surface area contributed by atoms with Crippen LogP contribution in [0.4, 0.5) is 0 Å². The first kappa shape index (κ1) is 11.1. The molecule has 0 aromatic heterocycles. The predicted molar refractivity (Wildman–Crippen MR) is 69.3 cm³/mol. The van der Waals surface area contributed by atoms with E-state index in [1.807, 2.05) is 0 Å². The van der Waals surface area contributed by atoms with Gasteiger partial charge in [0.05, 0.1) is 7.11 Å². The molecule has 0 amide bonds. The number of rotatable bonds is 2. The summed E-state index contributed by atoms with van der Waals surface area (Å²) < 4.78 is 5.22. The molecule has 0 bridgehead atoms. The quantitative estimate of drug-likeness (QED) is 0.773. The van der Waals surface area contributed by atoms with Gasteiger partial charge in [0.2, 0.25) is 0 Å². The Hall–Kier alpha value is -1.02. The van der Waals surface area contributed by atoms with E-state index in [1.54, 1.807) is 7.11 Å². The molecule has 17 heavy (non-hydrogen) atoms. The van der Waals surface area contributed by atoms with E-state index in [0.29, 0.717) is 6.04 Å². The summed E-state index contributed by atoms with van der Waals surface area (Å²) in [6.45, 7) is 1.29. The Morgan fingerprint density at radius 3 is 2.65 bits per heavy atom. The Morgan fingerprint density at radius 2 is 1.88 bits per heavy atom. The minimum atomic E-state index is 0.659. The molecule has 0 radical (unpaired) electrons. The summed E-state index contributed by atoms with van der Waals surface area (Å²) in [5, 5.41) is 0. The third-order valence-electron chi connectivity index (χ3n) is 4.35. The molecule has 0 saturated carbocycles. The van der Waals surface area contributed by atoms with Gasteiger partial charge in [-0.1, -0.05) is 18.6 Å². The normalized spacial score (nSPS) is 29.0. The molecule has 2 fully saturated rings. The first-order chi connectivity index (χ1) is 8.38. The van der Waals surface area contributed by atoms with Crippen molar-refractivity contribution in [2.45, 2.75) is 44.2 Å². The van der Waals surface area contributed by atoms with Crippen LogP contribution in [0.5, 0.6) is 5.75 Å². The highest BCUT2D eigenvalue weighted by atomic mass is 16.5. The van der Waals surface area contributed by atoms with Crippen LogP contribution in [0, 0.1) is 0 Å². The van der Waals surface area contributed by atoms with Crippen LogP contribution in [0.3, 0.4) is 0 Å². The van der Waals surface area contributed by atoms with Crippen molar-refractivity contribution in [2.75, 3.05) is 13.7 Å². The van der Waals surface area contributed by atoms with Gasteiger partial charge in [-0.3, -0.25) is 4.90 Å². The Morgan fingerprint density at radius 1 is 1.06 bits per heavy atom. The average Bonchev–Trinajstić information content (AvgIpc) is 2.83. The lowest BCUT2D eigenvalue weighted by Crippen LogP contribution is -2.35. The van der Waals surface area contributed by atoms with E-state index in [4.69, 9.17) is 4.74 Å². The number of fused-ring (bicyclic) bond motifs is 1. The Kier molecular flexibility index (Phi) is 3.06. The van der Waals surface area contributed by atoms with Crippen LogP contribution in [0.2, 0.25) is 0 Å². The lowest BCUT2D eigenvalue weighted by molar-refractivity contribution is 0.150. The molecule has 2 heterocycles. The van der Waals surface area contributed by atoms with E-state index >= 15 is 0 Å². The summed E-state index contributed by atoms with van der Waals surface area (Å²) in [4.78, 5) is 2.73. The second kappa shape index (κ2) is 4.69. The fourth-order valence-electron chi connectivity index (χ4n) is 3.44. The number of ether oxygens (including phenoxy) is 1. The van der Waals surface area contributed by atoms with Crippen LogP contribution in [0.1, 0.15) is 43.7 Å². The van der Waals surface area contributed by atoms with Crippen LogP contribution in [-0.4, -0.2) is 24.6 Å². The summed E-state index contributed by atoms with van der Waals surface area (Å²) in [5.74, 6) is 0.960. The minimum Gasteiger partial charge on any atom is -0.497 e. The maximum absolute atomic E-state index is 5.22. The first-order valence-electron chi connectivity index (χ1n) is 6.78. The van der Waals surface area contributed by atoms with Gasteiger partial charge in [-0.25, -0.2) is 0 Å². The summed E-state index contributed by atoms with van der Waals surface area (Å²) >= 11 is 0. The van der Waals surface area contributed by atoms with Gasteiger partial charge in [-0.05, 0) is 49.9 Å². The smallest absolute Gasteiger partial charge is 0.118 e. The van der Waals surface area contributed by atoms with Gasteiger partial charge in [0.15, 0.2) is 0 Å². The molecule has 3 rings (SSSR count). The van der Waals surface area contributed by atoms with Crippen LogP contribution < -0.4 is 4.74 Å². The largest absolute Gasteiger partial charge is 0.497 e. The van der Waals surface area contributed by atoms with Crippen molar-refractivity contribution < 1.29 is 4.74 Å². The van der Waals surface area contributed by atoms with Gasteiger partial charge >= 0.3 is 0 Å². The molecule has 2 saturated heterocycles. The second-order valence-corrected chi connectivity index (χ2v) is 5.25. The number of nitrogens with zero attached hydrogens (tertiary/aromatic N) is 1. The molecule has 2 heteroatoms. The maximum atomic E-state index is 5.22. The molecule has 1 aromatic carbocycles. The third kappa shape index (κ3) is 2.06. The van der Waals surface area contributed by atoms with Crippen molar-refractivity contribution in [2.24, 2.45) is 0 Å². The zero-order valence-corrected chi connectivity index (χ0v) is 10.6. The molecule has 0 N–H and O–H groups in total. The molecule has 2 atom stereocenters. The fourth-order valence-corrected chi connectivity index (χ4v) is 3.44. The molecule has 2 aliphatic heterocycles. The van der Waals surface area contributed by atoms with Crippen LogP contribution in [0.15, 0.2) is 24.3 Å². The predicted octanol–water partition coefficient (Wildman–Crippen LogP) is 3.38. The highest BCUT2D eigenvalue weighted by Crippen LogP contribution is 2.40. The van der Waals surface area contributed by atoms with E-state index in [9.17, 15) is 0 Å². The monoisotopic (exact) mass is 231 g/mol. The Bertz CT molecular complexity index is 373. The minimum absolute atomic E-state index is 0.659. The van der Waals surface area contributed by atoms with Crippen molar-refractivity contribution in [3.8, 4) is 5.75 Å². The molecular weight excluding hydrogens is 210 g/mol. The highest BCUT2D eigenvalue weighted by molar-refractivity contribution is 5.29. The van der Waals surface area contributed by atoms with Gasteiger partial charge in [0, 0.05) is 12.1 Å². The van der Waals surface area contributed by atoms with Gasteiger partial charge < -0.3 is 4.74 Å². The molecule has 92 valence electrons. The number of hydrogen-bond donors (Lipinski definition) is 0. The SMILES string of the molecule is COc1ccc([C@@H]2CC[C@H]3CCCCN32)cc1. The van der Waals surface area contributed by atoms with Gasteiger partial charge in [-0.15, -0.1) is 0 Å². The number of piperidine rings is 1. The molecular formula is C15H21NO. The first-order valence-corrected chi connectivity index (χ1v) is 6.78. The Balaban J connectivity index is 1.78. The molecule has 0 spiro atoms. The van der Waals surface area contributed by atoms with Crippen molar-refractivity contribution in [1.29, 1.82) is 0 Å². The maximum Gasteiger partial charge on any atom is 0.118 e. The number of benzene rings is 1. The summed E-state index contributed by atoms with van der Waals surface area (Å²) in [6.07, 6.45) is 6.93. The van der Waals surface area contributed by atoms with Crippen molar-refractivity contribution in [3.63, 3.8) is 0 Å². The van der Waals surface area contributed by atoms with E-state index in [2.05, 4.69) is 29.2 Å². The molecule has 1 aromatic rings. The van der Waals surface area contributed by atoms with Crippen molar-refractivity contribution >= 4 is 0 Å². The van der Waals surface area contributed by atoms with Crippen molar-refractivity contribution in [3.05, 3.63) is 29.8 Å². The second-order valence-electron chi connectivity index (χ2n) is 5.25. The van der Waals surface area contributed by atoms with Gasteiger partial charge in [0.1, 0.15) is 5.75 Å². The summed E-state index contributed by atoms with van der Waals surface area (Å²) in [7, 11) is 1.73. The standard InChI is InChI=1S/C15H21NO/c1-17-14-8-5-12(6-9-14)15-10-7-13-4-2-3-11-16(13)15/h5-6,8-9,13,15H,2-4,7,10-11H2,1H3/t13-,15+/m1/s1. The fraction of sp³-hybridized carbons (Fsp3) is 0.600. The van der Waals surface area contributed by atoms with Crippen LogP contribution in [-0.2, 0) is 0 Å². The molecule has 2 aliphatic rings. The van der Waals surface area contributed by atoms with E-state index < -0.39 is 0 Å². The van der Waals surface area contributed by atoms with Crippen LogP contribution in [0.25, 0.3) is 0 Å². The molecule has 0 aliphatic carbocycles. The lowest BCUT2D eigenvalue weighted by Gasteiger charge is -2.34. The topological polar surface area (TPSA) is 12.5 Å². The van der Waals surface area contributed by atoms with Crippen molar-refractivity contribution in [1.82, 2.24) is 4.90 Å². The Labute approximate surface area is 104 Å². The third-order valence-corrected chi connectivity index (χ3v) is 4.35. The van der Waals surface area contributed by atoms with Gasteiger partial charge in [-0.2, -0.15) is 0 Å². The van der Waals surface area contributed by atoms with E-state index in [-0.39, 0.29) is 0 Å². The van der Waals surface area contributed by atoms with Gasteiger partial charge in [0.25, 0.3) is 0 Å². The lowest BCUT2D eigenvalue weighted by atomic mass is 10.0. The zero-order chi connectivity index (χ0) is 11.7. The molecule has 0 unspecified atom stereocenters. The van der Waals surface area contributed by atoms with E-state index in [1.165, 1.54) is 44.2 Å². The average molecular weight is 231 g/mol. The number of methoxy groups -OCH3 is 1. The van der Waals surface area contributed by atoms with E-state index in [0.717, 1.165) is 11.8 Å². The molecule has 2 nitrogen and oxygen atoms in total. The summed E-state index contributed by atoms with van der Waals surface area (Å²) in [6, 6.07) is 10.2. The number of hydrogen-bond acceptors (Lipinski definition) is 2. The zero-order valence-electron chi connectivity index (χ0n) is 10.6. The highest BCUT2D eigenvalue weighted by Gasteiger charge is 2.35. The summed E-state index contributed by atoms with van der Waals surface area (Å²) in [5.41, 5.74) is 1.47.